The molecule has 0 aromatic heterocycles. The maximum absolute atomic E-state index is 12.7. The van der Waals surface area contributed by atoms with Crippen LogP contribution in [0.2, 0.25) is 5.02 Å². The van der Waals surface area contributed by atoms with Gasteiger partial charge in [-0.3, -0.25) is 4.57 Å². The van der Waals surface area contributed by atoms with Gasteiger partial charge in [-0.2, -0.15) is 0 Å². The summed E-state index contributed by atoms with van der Waals surface area (Å²) in [6.45, 7) is 8.48. The molecule has 0 spiro atoms. The molecule has 0 unspecified atom stereocenters. The fraction of sp³-hybridized carbons (Fsp3) is 0.467. The van der Waals surface area contributed by atoms with Gasteiger partial charge in [0.05, 0.1) is 6.61 Å². The van der Waals surface area contributed by atoms with Crippen LogP contribution < -0.4 is 0 Å². The lowest BCUT2D eigenvalue weighted by Crippen LogP contribution is -2.02. The Labute approximate surface area is 121 Å². The summed E-state index contributed by atoms with van der Waals surface area (Å²) >= 11 is 5.86. The highest BCUT2D eigenvalue weighted by Gasteiger charge is 2.23. The predicted molar refractivity (Wildman–Crippen MR) is 84.4 cm³/mol. The lowest BCUT2D eigenvalue weighted by molar-refractivity contribution is 0.334. The average Bonchev–Trinajstić information content (AvgIpc) is 2.37. The number of halogens is 1. The summed E-state index contributed by atoms with van der Waals surface area (Å²) in [6, 6.07) is 7.45. The third-order valence-electron chi connectivity index (χ3n) is 2.90. The lowest BCUT2D eigenvalue weighted by Gasteiger charge is -2.19. The van der Waals surface area contributed by atoms with Gasteiger partial charge in [0.2, 0.25) is 7.37 Å². The molecule has 1 aromatic carbocycles. The summed E-state index contributed by atoms with van der Waals surface area (Å²) in [7, 11) is -2.60. The Bertz CT molecular complexity index is 454. The van der Waals surface area contributed by atoms with Gasteiger partial charge in [0.15, 0.2) is 0 Å². The quantitative estimate of drug-likeness (QED) is 0.595. The van der Waals surface area contributed by atoms with E-state index in [2.05, 4.69) is 13.5 Å². The van der Waals surface area contributed by atoms with Crippen LogP contribution in [0.3, 0.4) is 0 Å². The highest BCUT2D eigenvalue weighted by Crippen LogP contribution is 2.50. The Hall–Kier alpha value is -0.560. The van der Waals surface area contributed by atoms with Crippen molar-refractivity contribution in [3.63, 3.8) is 0 Å². The molecular formula is C15H22ClO2P. The molecule has 0 aliphatic heterocycles. The van der Waals surface area contributed by atoms with Crippen LogP contribution in [0.4, 0.5) is 0 Å². The van der Waals surface area contributed by atoms with E-state index in [1.807, 2.05) is 31.2 Å². The second-order valence-electron chi connectivity index (χ2n) is 4.58. The molecule has 1 aromatic rings. The van der Waals surface area contributed by atoms with Crippen LogP contribution in [0.1, 0.15) is 32.3 Å². The van der Waals surface area contributed by atoms with E-state index in [0.29, 0.717) is 24.0 Å². The molecule has 2 nitrogen and oxygen atoms in total. The van der Waals surface area contributed by atoms with E-state index in [4.69, 9.17) is 16.1 Å². The zero-order chi connectivity index (χ0) is 14.3. The van der Waals surface area contributed by atoms with Crippen molar-refractivity contribution in [3.05, 3.63) is 41.4 Å². The summed E-state index contributed by atoms with van der Waals surface area (Å²) in [5, 5.41) is 0.690. The maximum atomic E-state index is 12.7. The molecule has 0 fully saturated rings. The van der Waals surface area contributed by atoms with Crippen LogP contribution in [-0.2, 0) is 9.09 Å². The second-order valence-corrected chi connectivity index (χ2v) is 7.67. The van der Waals surface area contributed by atoms with Gasteiger partial charge in [0.1, 0.15) is 0 Å². The first-order chi connectivity index (χ1) is 9.00. The average molecular weight is 301 g/mol. The van der Waals surface area contributed by atoms with E-state index in [-0.39, 0.29) is 0 Å². The summed E-state index contributed by atoms with van der Waals surface area (Å²) in [5.74, 6) is 0. The molecule has 0 saturated heterocycles. The number of unbranched alkanes of at least 4 members (excludes halogenated alkanes) is 1. The molecule has 1 rings (SSSR count). The highest BCUT2D eigenvalue weighted by molar-refractivity contribution is 7.59. The molecule has 0 amide bonds. The normalized spacial score (nSPS) is 14.1. The van der Waals surface area contributed by atoms with Gasteiger partial charge < -0.3 is 4.52 Å². The SMILES string of the molecule is C=C(C[P@@](=O)(CCCC)OCC)c1ccc(Cl)cc1. The van der Waals surface area contributed by atoms with Crippen molar-refractivity contribution in [1.29, 1.82) is 0 Å². The van der Waals surface area contributed by atoms with E-state index in [0.717, 1.165) is 24.0 Å². The fourth-order valence-corrected chi connectivity index (χ4v) is 4.43. The molecule has 0 saturated carbocycles. The van der Waals surface area contributed by atoms with E-state index in [1.54, 1.807) is 0 Å². The predicted octanol–water partition coefficient (Wildman–Crippen LogP) is 5.47. The zero-order valence-electron chi connectivity index (χ0n) is 11.7. The minimum Gasteiger partial charge on any atom is -0.329 e. The smallest absolute Gasteiger partial charge is 0.207 e. The summed E-state index contributed by atoms with van der Waals surface area (Å²) in [5.41, 5.74) is 1.82. The second kappa shape index (κ2) is 7.89. The van der Waals surface area contributed by atoms with Crippen LogP contribution in [0.25, 0.3) is 5.57 Å². The minimum absolute atomic E-state index is 0.419. The van der Waals surface area contributed by atoms with Gasteiger partial charge in [-0.05, 0) is 36.6 Å². The third-order valence-corrected chi connectivity index (χ3v) is 5.74. The van der Waals surface area contributed by atoms with Crippen LogP contribution >= 0.6 is 19.0 Å². The van der Waals surface area contributed by atoms with Gasteiger partial charge in [-0.1, -0.05) is 43.7 Å². The maximum Gasteiger partial charge on any atom is 0.207 e. The van der Waals surface area contributed by atoms with Gasteiger partial charge in [-0.15, -0.1) is 0 Å². The molecular weight excluding hydrogens is 279 g/mol. The van der Waals surface area contributed by atoms with Crippen molar-refractivity contribution in [2.45, 2.75) is 26.7 Å². The molecule has 0 aliphatic carbocycles. The van der Waals surface area contributed by atoms with Gasteiger partial charge in [0, 0.05) is 17.3 Å². The van der Waals surface area contributed by atoms with Gasteiger partial charge in [-0.25, -0.2) is 0 Å². The van der Waals surface area contributed by atoms with Crippen molar-refractivity contribution in [2.75, 3.05) is 18.9 Å². The monoisotopic (exact) mass is 300 g/mol. The molecule has 0 bridgehead atoms. The lowest BCUT2D eigenvalue weighted by atomic mass is 10.1. The van der Waals surface area contributed by atoms with E-state index in [1.165, 1.54) is 0 Å². The van der Waals surface area contributed by atoms with Gasteiger partial charge >= 0.3 is 0 Å². The van der Waals surface area contributed by atoms with Crippen LogP contribution in [0.15, 0.2) is 30.8 Å². The Morgan fingerprint density at radius 1 is 1.32 bits per heavy atom. The molecule has 106 valence electrons. The number of hydrogen-bond donors (Lipinski definition) is 0. The van der Waals surface area contributed by atoms with Crippen LogP contribution in [-0.4, -0.2) is 18.9 Å². The van der Waals surface area contributed by atoms with E-state index in [9.17, 15) is 4.57 Å². The summed E-state index contributed by atoms with van der Waals surface area (Å²) in [6.07, 6.45) is 2.99. The van der Waals surface area contributed by atoms with E-state index >= 15 is 0 Å². The molecule has 0 N–H and O–H groups in total. The summed E-state index contributed by atoms with van der Waals surface area (Å²) in [4.78, 5) is 0. The molecule has 1 atom stereocenters. The van der Waals surface area contributed by atoms with Crippen molar-refractivity contribution < 1.29 is 9.09 Å². The molecule has 4 heteroatoms. The first-order valence-corrected chi connectivity index (χ1v) is 9.04. The highest BCUT2D eigenvalue weighted by atomic mass is 35.5. The Balaban J connectivity index is 2.75. The molecule has 0 heterocycles. The van der Waals surface area contributed by atoms with Crippen molar-refractivity contribution in [2.24, 2.45) is 0 Å². The zero-order valence-corrected chi connectivity index (χ0v) is 13.3. The number of allylic oxidation sites excluding steroid dienone is 1. The topological polar surface area (TPSA) is 26.3 Å². The fourth-order valence-electron chi connectivity index (χ4n) is 1.89. The Kier molecular flexibility index (Phi) is 6.85. The number of rotatable bonds is 8. The van der Waals surface area contributed by atoms with Gasteiger partial charge in [0.25, 0.3) is 0 Å². The molecule has 0 aliphatic rings. The van der Waals surface area contributed by atoms with Crippen LogP contribution in [0, 0.1) is 0 Å². The Morgan fingerprint density at radius 2 is 1.95 bits per heavy atom. The number of hydrogen-bond acceptors (Lipinski definition) is 2. The standard InChI is InChI=1S/C15H22ClO2P/c1-4-6-11-19(17,18-5-2)12-13(3)14-7-9-15(16)10-8-14/h7-10H,3-6,11-12H2,1-2H3/t19-/m1/s1. The minimum atomic E-state index is -2.60. The van der Waals surface area contributed by atoms with E-state index < -0.39 is 7.37 Å². The first-order valence-electron chi connectivity index (χ1n) is 6.67. The summed E-state index contributed by atoms with van der Waals surface area (Å²) < 4.78 is 18.2. The third kappa shape index (κ3) is 5.52. The van der Waals surface area contributed by atoms with Crippen molar-refractivity contribution in [1.82, 2.24) is 0 Å². The van der Waals surface area contributed by atoms with Crippen molar-refractivity contribution in [3.8, 4) is 0 Å². The molecule has 0 radical (unpaired) electrons. The number of benzene rings is 1. The first kappa shape index (κ1) is 16.5. The van der Waals surface area contributed by atoms with Crippen molar-refractivity contribution >= 4 is 24.5 Å². The molecule has 19 heavy (non-hydrogen) atoms. The Morgan fingerprint density at radius 3 is 2.47 bits per heavy atom. The van der Waals surface area contributed by atoms with Crippen LogP contribution in [0.5, 0.6) is 0 Å². The largest absolute Gasteiger partial charge is 0.329 e.